The third-order valence-electron chi connectivity index (χ3n) is 5.37. The van der Waals surface area contributed by atoms with Gasteiger partial charge in [0.25, 0.3) is 0 Å². The van der Waals surface area contributed by atoms with Crippen LogP contribution in [0.5, 0.6) is 5.75 Å². The fourth-order valence-corrected chi connectivity index (χ4v) is 3.98. The summed E-state index contributed by atoms with van der Waals surface area (Å²) >= 11 is 0. The molecule has 1 saturated heterocycles. The largest absolute Gasteiger partial charge is 0.477 e. The molecule has 2 aliphatic rings. The predicted molar refractivity (Wildman–Crippen MR) is 104 cm³/mol. The van der Waals surface area contributed by atoms with E-state index in [-0.39, 0.29) is 12.1 Å². The first-order chi connectivity index (χ1) is 13.4. The van der Waals surface area contributed by atoms with Crippen molar-refractivity contribution in [2.45, 2.75) is 13.3 Å². The van der Waals surface area contributed by atoms with E-state index in [4.69, 9.17) is 4.74 Å². The van der Waals surface area contributed by atoms with Gasteiger partial charge in [0, 0.05) is 39.4 Å². The van der Waals surface area contributed by atoms with Crippen molar-refractivity contribution in [3.63, 3.8) is 0 Å². The van der Waals surface area contributed by atoms with Gasteiger partial charge < -0.3 is 14.7 Å². The monoisotopic (exact) mass is 390 g/mol. The van der Waals surface area contributed by atoms with Gasteiger partial charge >= 0.3 is 5.97 Å². The Morgan fingerprint density at radius 2 is 2.00 bits per heavy atom. The standard InChI is InChI=1S/C19H23FN4O4/c1-3-4-22-5-7-23(8-6-22)16-14(20)9-12-15-18(16)28-11-21(2)24(15)10-13(17(12)25)19(26)27/h9-10H,3-8,11H2,1-2H3,(H,26,27). The lowest BCUT2D eigenvalue weighted by Crippen LogP contribution is -2.47. The van der Waals surface area contributed by atoms with Gasteiger partial charge in [-0.1, -0.05) is 6.92 Å². The normalized spacial score (nSPS) is 17.1. The van der Waals surface area contributed by atoms with Crippen LogP contribution in [-0.2, 0) is 0 Å². The second kappa shape index (κ2) is 6.97. The smallest absolute Gasteiger partial charge is 0.341 e. The molecule has 0 atom stereocenters. The van der Waals surface area contributed by atoms with E-state index in [0.717, 1.165) is 32.1 Å². The number of carbonyl (C=O) groups is 1. The Morgan fingerprint density at radius 3 is 2.64 bits per heavy atom. The number of rotatable bonds is 4. The van der Waals surface area contributed by atoms with Crippen molar-refractivity contribution in [1.29, 1.82) is 0 Å². The Hall–Kier alpha value is -2.81. The maximum Gasteiger partial charge on any atom is 0.341 e. The second-order valence-electron chi connectivity index (χ2n) is 7.21. The van der Waals surface area contributed by atoms with E-state index >= 15 is 4.39 Å². The number of hydrogen-bond acceptors (Lipinski definition) is 6. The number of ether oxygens (including phenoxy) is 1. The van der Waals surface area contributed by atoms with Gasteiger partial charge in [-0.3, -0.25) is 19.4 Å². The quantitative estimate of drug-likeness (QED) is 0.843. The number of hydrogen-bond donors (Lipinski definition) is 1. The average molecular weight is 390 g/mol. The van der Waals surface area contributed by atoms with Crippen molar-refractivity contribution in [2.24, 2.45) is 0 Å². The lowest BCUT2D eigenvalue weighted by atomic mass is 10.1. The van der Waals surface area contributed by atoms with Crippen molar-refractivity contribution in [2.75, 3.05) is 56.4 Å². The molecule has 1 aromatic carbocycles. The molecule has 1 fully saturated rings. The number of aromatic nitrogens is 1. The Kier molecular flexibility index (Phi) is 4.62. The van der Waals surface area contributed by atoms with E-state index in [2.05, 4.69) is 11.8 Å². The highest BCUT2D eigenvalue weighted by Crippen LogP contribution is 2.40. The van der Waals surface area contributed by atoms with Crippen LogP contribution >= 0.6 is 0 Å². The second-order valence-corrected chi connectivity index (χ2v) is 7.21. The molecule has 2 aliphatic heterocycles. The summed E-state index contributed by atoms with van der Waals surface area (Å²) in [5.41, 5.74) is -0.367. The number of piperazine rings is 1. The van der Waals surface area contributed by atoms with Crippen molar-refractivity contribution in [1.82, 2.24) is 9.58 Å². The van der Waals surface area contributed by atoms with Gasteiger partial charge in [-0.15, -0.1) is 0 Å². The number of aromatic carboxylic acids is 1. The molecule has 1 aromatic heterocycles. The first-order valence-corrected chi connectivity index (χ1v) is 9.39. The minimum absolute atomic E-state index is 0.00678. The predicted octanol–water partition coefficient (Wildman–Crippen LogP) is 1.29. The molecule has 9 heteroatoms. The molecule has 28 heavy (non-hydrogen) atoms. The van der Waals surface area contributed by atoms with Gasteiger partial charge in [-0.2, -0.15) is 0 Å². The first kappa shape index (κ1) is 18.5. The molecule has 8 nitrogen and oxygen atoms in total. The molecule has 0 amide bonds. The average Bonchev–Trinajstić information content (AvgIpc) is 2.67. The number of halogens is 1. The summed E-state index contributed by atoms with van der Waals surface area (Å²) in [7, 11) is 1.71. The highest BCUT2D eigenvalue weighted by molar-refractivity contribution is 5.97. The van der Waals surface area contributed by atoms with Crippen molar-refractivity contribution in [3.8, 4) is 5.75 Å². The number of carboxylic acid groups (broad SMARTS) is 1. The summed E-state index contributed by atoms with van der Waals surface area (Å²) in [4.78, 5) is 28.4. The molecule has 2 aromatic rings. The van der Waals surface area contributed by atoms with Gasteiger partial charge in [-0.05, 0) is 19.0 Å². The van der Waals surface area contributed by atoms with E-state index in [1.165, 1.54) is 6.20 Å². The lowest BCUT2D eigenvalue weighted by molar-refractivity contribution is 0.0694. The Bertz CT molecular complexity index is 998. The molecule has 0 spiro atoms. The molecule has 150 valence electrons. The maximum absolute atomic E-state index is 15.1. The number of nitrogens with zero attached hydrogens (tertiary/aromatic N) is 4. The molecule has 0 saturated carbocycles. The molecule has 0 radical (unpaired) electrons. The zero-order chi connectivity index (χ0) is 20.0. The molecule has 0 aliphatic carbocycles. The van der Waals surface area contributed by atoms with Gasteiger partial charge in [-0.25, -0.2) is 9.18 Å². The van der Waals surface area contributed by atoms with Crippen LogP contribution < -0.4 is 20.1 Å². The van der Waals surface area contributed by atoms with Crippen LogP contribution in [0.2, 0.25) is 0 Å². The zero-order valence-electron chi connectivity index (χ0n) is 15.9. The Labute approximate surface area is 161 Å². The summed E-state index contributed by atoms with van der Waals surface area (Å²) in [5, 5.41) is 11.0. The SMILES string of the molecule is CCCN1CCN(c2c(F)cc3c(=O)c(C(=O)O)cn4c3c2OCN4C)CC1. The molecule has 0 unspecified atom stereocenters. The van der Waals surface area contributed by atoms with Crippen molar-refractivity contribution >= 4 is 22.6 Å². The third kappa shape index (κ3) is 2.86. The maximum atomic E-state index is 15.1. The van der Waals surface area contributed by atoms with Gasteiger partial charge in [0.1, 0.15) is 16.8 Å². The van der Waals surface area contributed by atoms with E-state index in [1.54, 1.807) is 16.7 Å². The Balaban J connectivity index is 1.87. The highest BCUT2D eigenvalue weighted by atomic mass is 19.1. The molecular weight excluding hydrogens is 367 g/mol. The summed E-state index contributed by atoms with van der Waals surface area (Å²) in [6.45, 7) is 6.24. The third-order valence-corrected chi connectivity index (χ3v) is 5.37. The van der Waals surface area contributed by atoms with Crippen LogP contribution in [0.1, 0.15) is 23.7 Å². The minimum Gasteiger partial charge on any atom is -0.477 e. The van der Waals surface area contributed by atoms with E-state index in [1.807, 2.05) is 4.90 Å². The van der Waals surface area contributed by atoms with Crippen LogP contribution in [0.15, 0.2) is 17.1 Å². The fraction of sp³-hybridized carbons (Fsp3) is 0.474. The summed E-state index contributed by atoms with van der Waals surface area (Å²) in [5.74, 6) is -1.61. The van der Waals surface area contributed by atoms with Gasteiger partial charge in [0.2, 0.25) is 5.43 Å². The molecular formula is C19H23FN4O4. The number of anilines is 1. The topological polar surface area (TPSA) is 78.2 Å². The molecule has 3 heterocycles. The van der Waals surface area contributed by atoms with E-state index in [9.17, 15) is 14.7 Å². The van der Waals surface area contributed by atoms with Crippen LogP contribution in [0.4, 0.5) is 10.1 Å². The van der Waals surface area contributed by atoms with Crippen LogP contribution in [0.25, 0.3) is 10.9 Å². The highest BCUT2D eigenvalue weighted by Gasteiger charge is 2.30. The van der Waals surface area contributed by atoms with E-state index < -0.39 is 22.8 Å². The van der Waals surface area contributed by atoms with Crippen molar-refractivity contribution < 1.29 is 19.0 Å². The van der Waals surface area contributed by atoms with Crippen LogP contribution in [0, 0.1) is 5.82 Å². The summed E-state index contributed by atoms with van der Waals surface area (Å²) in [6, 6.07) is 1.14. The molecule has 0 bridgehead atoms. The van der Waals surface area contributed by atoms with Gasteiger partial charge in [0.05, 0.1) is 5.39 Å². The molecule has 4 rings (SSSR count). The van der Waals surface area contributed by atoms with Crippen LogP contribution in [-0.4, -0.2) is 67.2 Å². The van der Waals surface area contributed by atoms with Crippen molar-refractivity contribution in [3.05, 3.63) is 33.9 Å². The molecule has 1 N–H and O–H groups in total. The van der Waals surface area contributed by atoms with Crippen LogP contribution in [0.3, 0.4) is 0 Å². The zero-order valence-corrected chi connectivity index (χ0v) is 15.9. The number of carboxylic acids is 1. The fourth-order valence-electron chi connectivity index (χ4n) is 3.98. The minimum atomic E-state index is -1.34. The van der Waals surface area contributed by atoms with Gasteiger partial charge in [0.15, 0.2) is 18.3 Å². The summed E-state index contributed by atoms with van der Waals surface area (Å²) < 4.78 is 22.5. The first-order valence-electron chi connectivity index (χ1n) is 9.39. The number of benzene rings is 1. The lowest BCUT2D eigenvalue weighted by Gasteiger charge is -2.38. The van der Waals surface area contributed by atoms with E-state index in [0.29, 0.717) is 30.0 Å². The Morgan fingerprint density at radius 1 is 1.29 bits per heavy atom. The number of pyridine rings is 1. The summed E-state index contributed by atoms with van der Waals surface area (Å²) in [6.07, 6.45) is 2.35.